The van der Waals surface area contributed by atoms with Crippen molar-refractivity contribution in [2.75, 3.05) is 7.11 Å². The molecule has 5 nitrogen and oxygen atoms in total. The van der Waals surface area contributed by atoms with E-state index in [0.717, 1.165) is 16.9 Å². The van der Waals surface area contributed by atoms with Crippen molar-refractivity contribution in [1.82, 2.24) is 10.6 Å². The molecule has 0 atom stereocenters. The summed E-state index contributed by atoms with van der Waals surface area (Å²) in [5, 5.41) is 14.9. The van der Waals surface area contributed by atoms with Gasteiger partial charge in [-0.2, -0.15) is 5.26 Å². The second-order valence-corrected chi connectivity index (χ2v) is 5.03. The van der Waals surface area contributed by atoms with Gasteiger partial charge in [0.1, 0.15) is 17.4 Å². The first-order valence-corrected chi connectivity index (χ1v) is 7.52. The Kier molecular flexibility index (Phi) is 6.42. The average molecular weight is 321 g/mol. The van der Waals surface area contributed by atoms with Crippen molar-refractivity contribution in [1.29, 1.82) is 5.26 Å². The molecule has 0 saturated carbocycles. The molecule has 0 fully saturated rings. The molecule has 0 aliphatic heterocycles. The molecule has 0 heterocycles. The summed E-state index contributed by atoms with van der Waals surface area (Å²) in [6, 6.07) is 19.0. The summed E-state index contributed by atoms with van der Waals surface area (Å²) in [6.07, 6.45) is 1.42. The van der Waals surface area contributed by atoms with E-state index in [1.54, 1.807) is 7.11 Å². The zero-order valence-electron chi connectivity index (χ0n) is 13.5. The molecule has 2 rings (SSSR count). The number of carbonyl (C=O) groups is 1. The van der Waals surface area contributed by atoms with Gasteiger partial charge < -0.3 is 15.4 Å². The third kappa shape index (κ3) is 4.89. The van der Waals surface area contributed by atoms with Crippen molar-refractivity contribution in [3.63, 3.8) is 0 Å². The van der Waals surface area contributed by atoms with E-state index in [-0.39, 0.29) is 5.57 Å². The first kappa shape index (κ1) is 17.1. The lowest BCUT2D eigenvalue weighted by Crippen LogP contribution is -2.25. The molecule has 2 aromatic carbocycles. The SMILES string of the molecule is COc1ccccc1CN/C=C(/C#N)C(=O)NCc1ccccc1. The number of methoxy groups -OCH3 is 1. The molecule has 2 aromatic rings. The lowest BCUT2D eigenvalue weighted by Gasteiger charge is -2.08. The molecule has 0 bridgehead atoms. The number of nitrogens with one attached hydrogen (secondary N) is 2. The number of amides is 1. The zero-order chi connectivity index (χ0) is 17.2. The Hall–Kier alpha value is -3.26. The maximum absolute atomic E-state index is 12.0. The highest BCUT2D eigenvalue weighted by molar-refractivity contribution is 5.97. The summed E-state index contributed by atoms with van der Waals surface area (Å²) in [5.41, 5.74) is 1.95. The van der Waals surface area contributed by atoms with Gasteiger partial charge in [-0.1, -0.05) is 48.5 Å². The van der Waals surface area contributed by atoms with Crippen LogP contribution in [0, 0.1) is 11.3 Å². The van der Waals surface area contributed by atoms with E-state index in [9.17, 15) is 4.79 Å². The first-order valence-electron chi connectivity index (χ1n) is 7.52. The molecule has 0 spiro atoms. The van der Waals surface area contributed by atoms with Crippen molar-refractivity contribution in [3.05, 3.63) is 77.5 Å². The Balaban J connectivity index is 1.91. The fourth-order valence-electron chi connectivity index (χ4n) is 2.13. The van der Waals surface area contributed by atoms with Crippen LogP contribution >= 0.6 is 0 Å². The summed E-state index contributed by atoms with van der Waals surface area (Å²) in [7, 11) is 1.60. The molecule has 0 aromatic heterocycles. The normalized spacial score (nSPS) is 10.6. The van der Waals surface area contributed by atoms with Crippen LogP contribution in [0.3, 0.4) is 0 Å². The number of nitriles is 1. The van der Waals surface area contributed by atoms with Gasteiger partial charge in [0.05, 0.1) is 7.11 Å². The van der Waals surface area contributed by atoms with Crippen molar-refractivity contribution in [2.45, 2.75) is 13.1 Å². The quantitative estimate of drug-likeness (QED) is 0.607. The second-order valence-electron chi connectivity index (χ2n) is 5.03. The number of nitrogens with zero attached hydrogens (tertiary/aromatic N) is 1. The van der Waals surface area contributed by atoms with Gasteiger partial charge in [-0.05, 0) is 11.6 Å². The molecule has 1 amide bonds. The summed E-state index contributed by atoms with van der Waals surface area (Å²) >= 11 is 0. The summed E-state index contributed by atoms with van der Waals surface area (Å²) in [6.45, 7) is 0.840. The van der Waals surface area contributed by atoms with Crippen LogP contribution in [0.2, 0.25) is 0 Å². The van der Waals surface area contributed by atoms with Crippen molar-refractivity contribution >= 4 is 5.91 Å². The number of hydrogen-bond donors (Lipinski definition) is 2. The molecule has 5 heteroatoms. The monoisotopic (exact) mass is 321 g/mol. The number of rotatable bonds is 7. The fourth-order valence-corrected chi connectivity index (χ4v) is 2.13. The number of benzene rings is 2. The minimum absolute atomic E-state index is 0.0285. The Labute approximate surface area is 141 Å². The molecule has 24 heavy (non-hydrogen) atoms. The summed E-state index contributed by atoms with van der Waals surface area (Å²) in [4.78, 5) is 12.0. The van der Waals surface area contributed by atoms with E-state index in [4.69, 9.17) is 10.00 Å². The smallest absolute Gasteiger partial charge is 0.263 e. The van der Waals surface area contributed by atoms with E-state index < -0.39 is 5.91 Å². The predicted molar refractivity (Wildman–Crippen MR) is 91.8 cm³/mol. The topological polar surface area (TPSA) is 74.1 Å². The van der Waals surface area contributed by atoms with Gasteiger partial charge in [-0.15, -0.1) is 0 Å². The summed E-state index contributed by atoms with van der Waals surface area (Å²) < 4.78 is 5.26. The van der Waals surface area contributed by atoms with E-state index in [2.05, 4.69) is 10.6 Å². The lowest BCUT2D eigenvalue weighted by molar-refractivity contribution is -0.117. The molecule has 0 aliphatic carbocycles. The number of hydrogen-bond acceptors (Lipinski definition) is 4. The van der Waals surface area contributed by atoms with Crippen molar-refractivity contribution in [3.8, 4) is 11.8 Å². The van der Waals surface area contributed by atoms with Crippen LogP contribution < -0.4 is 15.4 Å². The minimum atomic E-state index is -0.408. The number of para-hydroxylation sites is 1. The van der Waals surface area contributed by atoms with Gasteiger partial charge in [0.25, 0.3) is 5.91 Å². The molecule has 0 aliphatic rings. The molecule has 122 valence electrons. The Morgan fingerprint density at radius 3 is 2.54 bits per heavy atom. The highest BCUT2D eigenvalue weighted by Crippen LogP contribution is 2.16. The van der Waals surface area contributed by atoms with Gasteiger partial charge in [0, 0.05) is 24.9 Å². The van der Waals surface area contributed by atoms with Crippen molar-refractivity contribution < 1.29 is 9.53 Å². The fraction of sp³-hybridized carbons (Fsp3) is 0.158. The third-order valence-electron chi connectivity index (χ3n) is 3.39. The van der Waals surface area contributed by atoms with Gasteiger partial charge in [0.2, 0.25) is 0 Å². The maximum Gasteiger partial charge on any atom is 0.263 e. The van der Waals surface area contributed by atoms with Crippen LogP contribution in [0.4, 0.5) is 0 Å². The highest BCUT2D eigenvalue weighted by Gasteiger charge is 2.08. The largest absolute Gasteiger partial charge is 0.496 e. The molecule has 2 N–H and O–H groups in total. The minimum Gasteiger partial charge on any atom is -0.496 e. The average Bonchev–Trinajstić information content (AvgIpc) is 2.64. The van der Waals surface area contributed by atoms with E-state index in [0.29, 0.717) is 13.1 Å². The summed E-state index contributed by atoms with van der Waals surface area (Å²) in [5.74, 6) is 0.347. The van der Waals surface area contributed by atoms with Gasteiger partial charge in [-0.25, -0.2) is 0 Å². The molecule has 0 saturated heterocycles. The first-order chi connectivity index (χ1) is 11.7. The standard InChI is InChI=1S/C19H19N3O2/c1-24-18-10-6-5-9-16(18)13-21-14-17(11-20)19(23)22-12-15-7-3-2-4-8-15/h2-10,14,21H,12-13H2,1H3,(H,22,23)/b17-14-. The number of ether oxygens (including phenoxy) is 1. The van der Waals surface area contributed by atoms with E-state index in [1.807, 2.05) is 60.7 Å². The predicted octanol–water partition coefficient (Wildman–Crippen LogP) is 2.51. The Morgan fingerprint density at radius 1 is 1.12 bits per heavy atom. The van der Waals surface area contributed by atoms with Crippen LogP contribution in [0.1, 0.15) is 11.1 Å². The molecule has 0 radical (unpaired) electrons. The van der Waals surface area contributed by atoms with Gasteiger partial charge >= 0.3 is 0 Å². The Bertz CT molecular complexity index is 749. The van der Waals surface area contributed by atoms with E-state index in [1.165, 1.54) is 6.20 Å². The Morgan fingerprint density at radius 2 is 1.83 bits per heavy atom. The van der Waals surface area contributed by atoms with Crippen LogP contribution in [-0.2, 0) is 17.9 Å². The molecule has 0 unspecified atom stereocenters. The molecular weight excluding hydrogens is 302 g/mol. The van der Waals surface area contributed by atoms with Crippen LogP contribution in [0.25, 0.3) is 0 Å². The van der Waals surface area contributed by atoms with Crippen molar-refractivity contribution in [2.24, 2.45) is 0 Å². The van der Waals surface area contributed by atoms with Crippen LogP contribution in [0.5, 0.6) is 5.75 Å². The van der Waals surface area contributed by atoms with Crippen LogP contribution in [-0.4, -0.2) is 13.0 Å². The van der Waals surface area contributed by atoms with Gasteiger partial charge in [-0.3, -0.25) is 4.79 Å². The highest BCUT2D eigenvalue weighted by atomic mass is 16.5. The lowest BCUT2D eigenvalue weighted by atomic mass is 10.2. The van der Waals surface area contributed by atoms with E-state index >= 15 is 0 Å². The molecular formula is C19H19N3O2. The van der Waals surface area contributed by atoms with Gasteiger partial charge in [0.15, 0.2) is 0 Å². The maximum atomic E-state index is 12.0. The second kappa shape index (κ2) is 9.01. The zero-order valence-corrected chi connectivity index (χ0v) is 13.5. The number of carbonyl (C=O) groups excluding carboxylic acids is 1. The van der Waals surface area contributed by atoms with Crippen LogP contribution in [0.15, 0.2) is 66.4 Å². The third-order valence-corrected chi connectivity index (χ3v) is 3.39.